The number of hydrogen-bond acceptors (Lipinski definition) is 5. The number of aromatic amines is 1. The van der Waals surface area contributed by atoms with E-state index < -0.39 is 0 Å². The van der Waals surface area contributed by atoms with E-state index in [0.29, 0.717) is 57.6 Å². The Kier molecular flexibility index (Phi) is 7.90. The summed E-state index contributed by atoms with van der Waals surface area (Å²) in [5, 5.41) is 5.00. The van der Waals surface area contributed by atoms with Crippen LogP contribution in [0.2, 0.25) is 0 Å². The Hall–Kier alpha value is -2.61. The summed E-state index contributed by atoms with van der Waals surface area (Å²) in [5.41, 5.74) is 3.22. The Labute approximate surface area is 187 Å². The fourth-order valence-corrected chi connectivity index (χ4v) is 4.73. The molecule has 168 valence electrons. The fourth-order valence-electron chi connectivity index (χ4n) is 4.08. The predicted molar refractivity (Wildman–Crippen MR) is 120 cm³/mol. The number of esters is 1. The van der Waals surface area contributed by atoms with Crippen molar-refractivity contribution in [2.24, 2.45) is 5.92 Å². The molecule has 1 aliphatic rings. The second-order valence-corrected chi connectivity index (χ2v) is 8.93. The van der Waals surface area contributed by atoms with Gasteiger partial charge in [-0.25, -0.2) is 4.79 Å². The van der Waals surface area contributed by atoms with Crippen molar-refractivity contribution in [1.82, 2.24) is 15.2 Å². The summed E-state index contributed by atoms with van der Waals surface area (Å²) < 4.78 is 5.09. The lowest BCUT2D eigenvalue weighted by Crippen LogP contribution is -2.43. The van der Waals surface area contributed by atoms with Gasteiger partial charge in [0.05, 0.1) is 13.2 Å². The maximum atomic E-state index is 12.7. The second-order valence-electron chi connectivity index (χ2n) is 7.90. The standard InChI is InChI=1S/C23H31N3O4S/c1-4-30-23(29)21-15(2)19(16(3)25-21)7-8-20(27)26-11-9-17(10-12-26)22(28)24-14-18-6-5-13-31-18/h5-6,13,17,25H,4,7-12,14H2,1-3H3,(H,24,28). The maximum absolute atomic E-state index is 12.7. The van der Waals surface area contributed by atoms with E-state index in [4.69, 9.17) is 4.74 Å². The number of likely N-dealkylation sites (tertiary alicyclic amines) is 1. The number of aryl methyl sites for hydroxylation is 1. The van der Waals surface area contributed by atoms with E-state index in [0.717, 1.165) is 21.7 Å². The molecule has 2 aromatic rings. The van der Waals surface area contributed by atoms with Crippen molar-refractivity contribution in [2.45, 2.75) is 53.0 Å². The molecule has 2 aromatic heterocycles. The normalized spacial score (nSPS) is 14.5. The van der Waals surface area contributed by atoms with Crippen molar-refractivity contribution in [3.8, 4) is 0 Å². The Morgan fingerprint density at radius 1 is 1.26 bits per heavy atom. The van der Waals surface area contributed by atoms with E-state index in [-0.39, 0.29) is 23.7 Å². The SMILES string of the molecule is CCOC(=O)c1[nH]c(C)c(CCC(=O)N2CCC(C(=O)NCc3cccs3)CC2)c1C. The average molecular weight is 446 g/mol. The lowest BCUT2D eigenvalue weighted by atomic mass is 9.95. The van der Waals surface area contributed by atoms with Crippen LogP contribution in [0.15, 0.2) is 17.5 Å². The topological polar surface area (TPSA) is 91.5 Å². The van der Waals surface area contributed by atoms with Crippen molar-refractivity contribution >= 4 is 29.1 Å². The van der Waals surface area contributed by atoms with Gasteiger partial charge in [0.25, 0.3) is 0 Å². The molecule has 3 heterocycles. The molecule has 1 fully saturated rings. The first-order valence-electron chi connectivity index (χ1n) is 10.8. The molecule has 0 radical (unpaired) electrons. The monoisotopic (exact) mass is 445 g/mol. The Balaban J connectivity index is 1.46. The van der Waals surface area contributed by atoms with Gasteiger partial charge in [-0.3, -0.25) is 9.59 Å². The molecule has 3 rings (SSSR count). The average Bonchev–Trinajstić information content (AvgIpc) is 3.38. The van der Waals surface area contributed by atoms with Crippen LogP contribution in [0, 0.1) is 19.8 Å². The summed E-state index contributed by atoms with van der Waals surface area (Å²) in [6, 6.07) is 3.99. The van der Waals surface area contributed by atoms with E-state index in [1.54, 1.807) is 18.3 Å². The number of nitrogens with zero attached hydrogens (tertiary/aromatic N) is 1. The van der Waals surface area contributed by atoms with Crippen LogP contribution in [-0.4, -0.2) is 47.4 Å². The third kappa shape index (κ3) is 5.76. The van der Waals surface area contributed by atoms with Gasteiger partial charge in [0, 0.05) is 36.0 Å². The van der Waals surface area contributed by atoms with Crippen molar-refractivity contribution in [3.63, 3.8) is 0 Å². The number of H-pyrrole nitrogens is 1. The molecule has 0 aliphatic carbocycles. The highest BCUT2D eigenvalue weighted by Crippen LogP contribution is 2.22. The summed E-state index contributed by atoms with van der Waals surface area (Å²) in [5.74, 6) is -0.230. The first kappa shape index (κ1) is 23.1. The van der Waals surface area contributed by atoms with Crippen LogP contribution < -0.4 is 5.32 Å². The molecule has 1 aliphatic heterocycles. The molecule has 7 nitrogen and oxygen atoms in total. The Morgan fingerprint density at radius 3 is 2.65 bits per heavy atom. The molecule has 0 aromatic carbocycles. The minimum Gasteiger partial charge on any atom is -0.461 e. The predicted octanol–water partition coefficient (Wildman–Crippen LogP) is 3.36. The maximum Gasteiger partial charge on any atom is 0.355 e. The van der Waals surface area contributed by atoms with Crippen LogP contribution in [0.4, 0.5) is 0 Å². The van der Waals surface area contributed by atoms with Gasteiger partial charge in [0.15, 0.2) is 0 Å². The number of amides is 2. The quantitative estimate of drug-likeness (QED) is 0.610. The van der Waals surface area contributed by atoms with Gasteiger partial charge in [-0.1, -0.05) is 6.07 Å². The summed E-state index contributed by atoms with van der Waals surface area (Å²) in [6.45, 7) is 7.68. The van der Waals surface area contributed by atoms with E-state index in [1.165, 1.54) is 0 Å². The number of piperidine rings is 1. The molecule has 2 amide bonds. The van der Waals surface area contributed by atoms with E-state index in [9.17, 15) is 14.4 Å². The number of aromatic nitrogens is 1. The Bertz CT molecular complexity index is 912. The summed E-state index contributed by atoms with van der Waals surface area (Å²) in [6.07, 6.45) is 2.35. The molecule has 0 atom stereocenters. The number of carbonyl (C=O) groups is 3. The van der Waals surface area contributed by atoms with Gasteiger partial charge >= 0.3 is 5.97 Å². The van der Waals surface area contributed by atoms with Crippen molar-refractivity contribution in [2.75, 3.05) is 19.7 Å². The summed E-state index contributed by atoms with van der Waals surface area (Å²) in [4.78, 5) is 43.3. The van der Waals surface area contributed by atoms with Crippen molar-refractivity contribution in [1.29, 1.82) is 0 Å². The molecule has 31 heavy (non-hydrogen) atoms. The number of rotatable bonds is 8. The zero-order valence-electron chi connectivity index (χ0n) is 18.5. The molecule has 8 heteroatoms. The van der Waals surface area contributed by atoms with Gasteiger partial charge in [0.2, 0.25) is 11.8 Å². The van der Waals surface area contributed by atoms with Gasteiger partial charge in [-0.15, -0.1) is 11.3 Å². The number of carbonyl (C=O) groups excluding carboxylic acids is 3. The third-order valence-electron chi connectivity index (χ3n) is 5.90. The van der Waals surface area contributed by atoms with E-state index in [2.05, 4.69) is 10.3 Å². The molecule has 0 bridgehead atoms. The molecule has 0 spiro atoms. The Morgan fingerprint density at radius 2 is 2.00 bits per heavy atom. The lowest BCUT2D eigenvalue weighted by molar-refractivity contribution is -0.135. The molecule has 2 N–H and O–H groups in total. The summed E-state index contributed by atoms with van der Waals surface area (Å²) in [7, 11) is 0. The van der Waals surface area contributed by atoms with Gasteiger partial charge < -0.3 is 19.9 Å². The molecular weight excluding hydrogens is 414 g/mol. The molecular formula is C23H31N3O4S. The zero-order chi connectivity index (χ0) is 22.4. The van der Waals surface area contributed by atoms with Crippen LogP contribution in [0.3, 0.4) is 0 Å². The first-order chi connectivity index (χ1) is 14.9. The second kappa shape index (κ2) is 10.6. The van der Waals surface area contributed by atoms with Crippen molar-refractivity contribution < 1.29 is 19.1 Å². The van der Waals surface area contributed by atoms with Crippen LogP contribution in [-0.2, 0) is 27.3 Å². The van der Waals surface area contributed by atoms with Gasteiger partial charge in [-0.2, -0.15) is 0 Å². The minimum atomic E-state index is -0.361. The van der Waals surface area contributed by atoms with E-state index in [1.807, 2.05) is 36.3 Å². The number of ether oxygens (including phenoxy) is 1. The number of nitrogens with one attached hydrogen (secondary N) is 2. The number of thiophene rings is 1. The van der Waals surface area contributed by atoms with Gasteiger partial charge in [-0.05, 0) is 62.6 Å². The highest BCUT2D eigenvalue weighted by atomic mass is 32.1. The molecule has 0 saturated carbocycles. The van der Waals surface area contributed by atoms with Crippen LogP contribution in [0.1, 0.15) is 58.4 Å². The highest BCUT2D eigenvalue weighted by Gasteiger charge is 2.27. The molecule has 1 saturated heterocycles. The first-order valence-corrected chi connectivity index (χ1v) is 11.7. The highest BCUT2D eigenvalue weighted by molar-refractivity contribution is 7.09. The molecule has 0 unspecified atom stereocenters. The largest absolute Gasteiger partial charge is 0.461 e. The van der Waals surface area contributed by atoms with E-state index >= 15 is 0 Å². The number of hydrogen-bond donors (Lipinski definition) is 2. The van der Waals surface area contributed by atoms with Crippen LogP contribution in [0.5, 0.6) is 0 Å². The lowest BCUT2D eigenvalue weighted by Gasteiger charge is -2.31. The summed E-state index contributed by atoms with van der Waals surface area (Å²) >= 11 is 1.63. The fraction of sp³-hybridized carbons (Fsp3) is 0.522. The van der Waals surface area contributed by atoms with Gasteiger partial charge in [0.1, 0.15) is 5.69 Å². The van der Waals surface area contributed by atoms with Crippen LogP contribution >= 0.6 is 11.3 Å². The minimum absolute atomic E-state index is 0.0367. The smallest absolute Gasteiger partial charge is 0.355 e. The van der Waals surface area contributed by atoms with Crippen molar-refractivity contribution in [3.05, 3.63) is 44.9 Å². The third-order valence-corrected chi connectivity index (χ3v) is 6.77. The van der Waals surface area contributed by atoms with Crippen LogP contribution in [0.25, 0.3) is 0 Å². The zero-order valence-corrected chi connectivity index (χ0v) is 19.3.